The Hall–Kier alpha value is -3.35. The van der Waals surface area contributed by atoms with Crippen molar-refractivity contribution < 1.29 is 29.7 Å². The normalized spacial score (nSPS) is 12.8. The zero-order valence-corrected chi connectivity index (χ0v) is 19.3. The molecule has 0 saturated heterocycles. The summed E-state index contributed by atoms with van der Waals surface area (Å²) in [5.41, 5.74) is 0.516. The number of nitrogens with one attached hydrogen (secondary N) is 1. The summed E-state index contributed by atoms with van der Waals surface area (Å²) in [5.74, 6) is -3.41. The number of carbonyl (C=O) groups excluding carboxylic acids is 1. The molecule has 1 unspecified atom stereocenters. The fourth-order valence-electron chi connectivity index (χ4n) is 3.52. The number of hydrogen-bond acceptors (Lipinski definition) is 4. The lowest BCUT2D eigenvalue weighted by molar-refractivity contribution is -0.118. The molecule has 0 aliphatic carbocycles. The van der Waals surface area contributed by atoms with E-state index < -0.39 is 17.9 Å². The van der Waals surface area contributed by atoms with Crippen LogP contribution in [0.5, 0.6) is 5.75 Å². The van der Waals surface area contributed by atoms with Gasteiger partial charge in [0.05, 0.1) is 17.0 Å². The predicted molar refractivity (Wildman–Crippen MR) is 123 cm³/mol. The zero-order chi connectivity index (χ0) is 24.4. The Morgan fingerprint density at radius 3 is 1.84 bits per heavy atom. The predicted octanol–water partition coefficient (Wildman–Crippen LogP) is 5.24. The summed E-state index contributed by atoms with van der Waals surface area (Å²) >= 11 is 0. The van der Waals surface area contributed by atoms with Crippen LogP contribution < -0.4 is 5.32 Å². The van der Waals surface area contributed by atoms with Crippen LogP contribution in [0.1, 0.15) is 85.7 Å². The number of hydrogen-bond donors (Lipinski definition) is 4. The number of benzene rings is 2. The van der Waals surface area contributed by atoms with Gasteiger partial charge in [-0.1, -0.05) is 53.7 Å². The highest BCUT2D eigenvalue weighted by molar-refractivity contribution is 6.00. The molecule has 0 radical (unpaired) electrons. The first kappa shape index (κ1) is 24.9. The van der Waals surface area contributed by atoms with Crippen molar-refractivity contribution in [3.8, 4) is 5.75 Å². The van der Waals surface area contributed by atoms with Crippen molar-refractivity contribution in [2.24, 2.45) is 5.41 Å². The number of amides is 1. The summed E-state index contributed by atoms with van der Waals surface area (Å²) in [7, 11) is 0. The molecular formula is C25H31NO6. The molecule has 0 aromatic heterocycles. The molecule has 32 heavy (non-hydrogen) atoms. The van der Waals surface area contributed by atoms with Crippen LogP contribution >= 0.6 is 0 Å². The molecule has 2 aromatic rings. The second-order valence-corrected chi connectivity index (χ2v) is 10.2. The largest absolute Gasteiger partial charge is 0.508 e. The number of carboxylic acid groups (broad SMARTS) is 2. The Bertz CT molecular complexity index is 1010. The van der Waals surface area contributed by atoms with Crippen LogP contribution in [-0.4, -0.2) is 33.2 Å². The molecule has 0 aliphatic heterocycles. The fraction of sp³-hybridized carbons (Fsp3) is 0.400. The van der Waals surface area contributed by atoms with Crippen LogP contribution in [0.3, 0.4) is 0 Å². The molecule has 0 aliphatic rings. The second-order valence-electron chi connectivity index (χ2n) is 10.2. The maximum atomic E-state index is 13.3. The molecule has 4 N–H and O–H groups in total. The Balaban J connectivity index is 2.51. The summed E-state index contributed by atoms with van der Waals surface area (Å²) in [6.45, 7) is 11.9. The van der Waals surface area contributed by atoms with Crippen LogP contribution in [0.4, 0.5) is 5.69 Å². The highest BCUT2D eigenvalue weighted by Crippen LogP contribution is 2.37. The van der Waals surface area contributed by atoms with Gasteiger partial charge < -0.3 is 20.6 Å². The molecule has 2 aromatic carbocycles. The zero-order valence-electron chi connectivity index (χ0n) is 19.3. The second kappa shape index (κ2) is 9.02. The quantitative estimate of drug-likeness (QED) is 0.486. The van der Waals surface area contributed by atoms with Crippen molar-refractivity contribution in [3.63, 3.8) is 0 Å². The van der Waals surface area contributed by atoms with Crippen LogP contribution in [0, 0.1) is 5.41 Å². The van der Waals surface area contributed by atoms with Gasteiger partial charge in [-0.2, -0.15) is 0 Å². The lowest BCUT2D eigenvalue weighted by Crippen LogP contribution is -2.26. The van der Waals surface area contributed by atoms with Gasteiger partial charge in [0.25, 0.3) is 0 Å². The van der Waals surface area contributed by atoms with Crippen LogP contribution in [0.25, 0.3) is 0 Å². The van der Waals surface area contributed by atoms with Crippen molar-refractivity contribution in [2.45, 2.75) is 59.3 Å². The number of phenolic OH excluding ortho intramolecular Hbond substituents is 1. The third kappa shape index (κ3) is 6.33. The van der Waals surface area contributed by atoms with Crippen molar-refractivity contribution in [3.05, 3.63) is 58.7 Å². The number of aromatic carboxylic acids is 2. The van der Waals surface area contributed by atoms with E-state index in [1.807, 2.05) is 47.6 Å². The topological polar surface area (TPSA) is 124 Å². The van der Waals surface area contributed by atoms with Gasteiger partial charge in [-0.05, 0) is 52.6 Å². The van der Waals surface area contributed by atoms with Crippen molar-refractivity contribution in [2.75, 3.05) is 5.32 Å². The SMILES string of the molecule is CC(C)(C)CC(C(=O)Nc1cc(C(=O)O)cc(C(=O)O)c1)c1ccc(O)c(C(C)(C)C)c1. The molecule has 1 atom stereocenters. The lowest BCUT2D eigenvalue weighted by atomic mass is 9.78. The monoisotopic (exact) mass is 441 g/mol. The van der Waals surface area contributed by atoms with E-state index in [0.29, 0.717) is 17.5 Å². The van der Waals surface area contributed by atoms with Crippen LogP contribution in [0.15, 0.2) is 36.4 Å². The van der Waals surface area contributed by atoms with Gasteiger partial charge in [-0.25, -0.2) is 9.59 Å². The first-order valence-electron chi connectivity index (χ1n) is 10.3. The van der Waals surface area contributed by atoms with Crippen LogP contribution in [-0.2, 0) is 10.2 Å². The summed E-state index contributed by atoms with van der Waals surface area (Å²) in [5, 5.41) is 31.6. The molecule has 0 bridgehead atoms. The Morgan fingerprint density at radius 2 is 1.41 bits per heavy atom. The van der Waals surface area contributed by atoms with E-state index in [9.17, 15) is 29.7 Å². The van der Waals surface area contributed by atoms with Gasteiger partial charge >= 0.3 is 11.9 Å². The Labute approximate surface area is 188 Å². The molecule has 0 spiro atoms. The smallest absolute Gasteiger partial charge is 0.335 e. The van der Waals surface area contributed by atoms with Gasteiger partial charge in [0.1, 0.15) is 5.75 Å². The first-order valence-corrected chi connectivity index (χ1v) is 10.3. The summed E-state index contributed by atoms with van der Waals surface area (Å²) in [6.07, 6.45) is 0.484. The van der Waals surface area contributed by atoms with E-state index in [1.165, 1.54) is 12.1 Å². The fourth-order valence-corrected chi connectivity index (χ4v) is 3.52. The molecule has 2 rings (SSSR count). The maximum Gasteiger partial charge on any atom is 0.335 e. The molecule has 0 fully saturated rings. The van der Waals surface area contributed by atoms with Crippen LogP contribution in [0.2, 0.25) is 0 Å². The van der Waals surface area contributed by atoms with Crippen molar-refractivity contribution in [1.29, 1.82) is 0 Å². The molecule has 0 heterocycles. The van der Waals surface area contributed by atoms with Crippen molar-refractivity contribution in [1.82, 2.24) is 0 Å². The van der Waals surface area contributed by atoms with Gasteiger partial charge in [0, 0.05) is 5.69 Å². The molecule has 1 amide bonds. The average Bonchev–Trinajstić information content (AvgIpc) is 2.64. The standard InChI is InChI=1S/C25H31NO6/c1-24(2,3)13-18(14-7-8-20(27)19(12-14)25(4,5)6)21(28)26-17-10-15(22(29)30)9-16(11-17)23(31)32/h7-12,18,27H,13H2,1-6H3,(H,26,28)(H,29,30)(H,31,32). The number of carbonyl (C=O) groups is 3. The number of carboxylic acids is 2. The minimum Gasteiger partial charge on any atom is -0.508 e. The molecule has 7 heteroatoms. The molecule has 0 saturated carbocycles. The van der Waals surface area contributed by atoms with Gasteiger partial charge in [0.2, 0.25) is 5.91 Å². The van der Waals surface area contributed by atoms with E-state index in [-0.39, 0.29) is 39.3 Å². The minimum atomic E-state index is -1.29. The number of anilines is 1. The third-order valence-electron chi connectivity index (χ3n) is 5.06. The maximum absolute atomic E-state index is 13.3. The number of phenols is 1. The molecule has 172 valence electrons. The minimum absolute atomic E-state index is 0.0982. The Kier molecular flexibility index (Phi) is 7.03. The lowest BCUT2D eigenvalue weighted by Gasteiger charge is -2.28. The molecular weight excluding hydrogens is 410 g/mol. The highest BCUT2D eigenvalue weighted by atomic mass is 16.4. The summed E-state index contributed by atoms with van der Waals surface area (Å²) < 4.78 is 0. The summed E-state index contributed by atoms with van der Waals surface area (Å²) in [6, 6.07) is 8.62. The van der Waals surface area contributed by atoms with Gasteiger partial charge in [-0.15, -0.1) is 0 Å². The van der Waals surface area contributed by atoms with E-state index in [0.717, 1.165) is 6.07 Å². The molecule has 7 nitrogen and oxygen atoms in total. The van der Waals surface area contributed by atoms with E-state index in [2.05, 4.69) is 5.32 Å². The van der Waals surface area contributed by atoms with Gasteiger partial charge in [-0.3, -0.25) is 4.79 Å². The summed E-state index contributed by atoms with van der Waals surface area (Å²) in [4.78, 5) is 36.1. The van der Waals surface area contributed by atoms with E-state index in [4.69, 9.17) is 0 Å². The van der Waals surface area contributed by atoms with E-state index in [1.54, 1.807) is 12.1 Å². The Morgan fingerprint density at radius 1 is 0.875 bits per heavy atom. The van der Waals surface area contributed by atoms with E-state index >= 15 is 0 Å². The number of rotatable bonds is 6. The number of aromatic hydroxyl groups is 1. The third-order valence-corrected chi connectivity index (χ3v) is 5.06. The highest BCUT2D eigenvalue weighted by Gasteiger charge is 2.29. The van der Waals surface area contributed by atoms with Gasteiger partial charge in [0.15, 0.2) is 0 Å². The van der Waals surface area contributed by atoms with Crippen molar-refractivity contribution >= 4 is 23.5 Å². The first-order chi connectivity index (χ1) is 14.6. The average molecular weight is 442 g/mol.